The van der Waals surface area contributed by atoms with E-state index in [2.05, 4.69) is 9.50 Å². The van der Waals surface area contributed by atoms with Crippen molar-refractivity contribution >= 4 is 33.2 Å². The lowest BCUT2D eigenvalue weighted by Gasteiger charge is -2.31. The number of rotatable bonds is 2. The first kappa shape index (κ1) is 15.2. The molecule has 0 radical (unpaired) electrons. The number of allylic oxidation sites excluding steroid dienone is 2. The van der Waals surface area contributed by atoms with Crippen molar-refractivity contribution in [1.29, 1.82) is 0 Å². The summed E-state index contributed by atoms with van der Waals surface area (Å²) in [6.45, 7) is 0.397. The van der Waals surface area contributed by atoms with Gasteiger partial charge < -0.3 is 4.90 Å². The molecule has 8 heteroatoms. The minimum absolute atomic E-state index is 0.0194. The highest BCUT2D eigenvalue weighted by molar-refractivity contribution is 7.90. The second-order valence-corrected chi connectivity index (χ2v) is 7.64. The van der Waals surface area contributed by atoms with Gasteiger partial charge in [0.05, 0.1) is 22.7 Å². The zero-order chi connectivity index (χ0) is 16.7. The van der Waals surface area contributed by atoms with Gasteiger partial charge in [-0.1, -0.05) is 29.8 Å². The predicted molar refractivity (Wildman–Crippen MR) is 93.6 cm³/mol. The largest absolute Gasteiger partial charge is 0.324 e. The SMILES string of the molecule is O=S1(=O)CCN2C(c3ccc(-n4cc(Cl)cn4)cc3)=CC=CC2=N1. The molecule has 0 atom stereocenters. The summed E-state index contributed by atoms with van der Waals surface area (Å²) in [6.07, 6.45) is 8.80. The molecule has 2 aromatic rings. The third kappa shape index (κ3) is 2.76. The summed E-state index contributed by atoms with van der Waals surface area (Å²) in [6, 6.07) is 7.82. The van der Waals surface area contributed by atoms with Crippen LogP contribution in [0.4, 0.5) is 0 Å². The van der Waals surface area contributed by atoms with E-state index in [1.807, 2.05) is 41.3 Å². The summed E-state index contributed by atoms with van der Waals surface area (Å²) in [4.78, 5) is 1.92. The van der Waals surface area contributed by atoms with Crippen molar-refractivity contribution in [2.45, 2.75) is 0 Å². The quantitative estimate of drug-likeness (QED) is 0.825. The van der Waals surface area contributed by atoms with E-state index >= 15 is 0 Å². The molecule has 0 spiro atoms. The van der Waals surface area contributed by atoms with Crippen molar-refractivity contribution in [1.82, 2.24) is 14.7 Å². The van der Waals surface area contributed by atoms with Crippen LogP contribution in [0.2, 0.25) is 5.02 Å². The average Bonchev–Trinajstić information content (AvgIpc) is 3.00. The highest BCUT2D eigenvalue weighted by Crippen LogP contribution is 2.27. The van der Waals surface area contributed by atoms with Crippen molar-refractivity contribution in [3.63, 3.8) is 0 Å². The number of sulfonamides is 1. The summed E-state index contributed by atoms with van der Waals surface area (Å²) in [5.41, 5.74) is 2.80. The maximum Gasteiger partial charge on any atom is 0.256 e. The summed E-state index contributed by atoms with van der Waals surface area (Å²) in [5, 5.41) is 4.75. The number of benzene rings is 1. The monoisotopic (exact) mass is 360 g/mol. The third-order valence-corrected chi connectivity index (χ3v) is 5.21. The lowest BCUT2D eigenvalue weighted by Crippen LogP contribution is -2.38. The van der Waals surface area contributed by atoms with Crippen molar-refractivity contribution < 1.29 is 8.42 Å². The maximum atomic E-state index is 11.7. The van der Waals surface area contributed by atoms with Crippen LogP contribution in [0.15, 0.2) is 59.3 Å². The summed E-state index contributed by atoms with van der Waals surface area (Å²) < 4.78 is 28.9. The molecule has 6 nitrogen and oxygen atoms in total. The van der Waals surface area contributed by atoms with E-state index in [1.54, 1.807) is 23.2 Å². The Hall–Kier alpha value is -2.38. The van der Waals surface area contributed by atoms with E-state index in [9.17, 15) is 8.42 Å². The Labute approximate surface area is 144 Å². The molecule has 24 heavy (non-hydrogen) atoms. The number of hydrogen-bond donors (Lipinski definition) is 0. The Bertz CT molecular complexity index is 987. The first-order valence-electron chi connectivity index (χ1n) is 7.31. The topological polar surface area (TPSA) is 67.6 Å². The highest BCUT2D eigenvalue weighted by Gasteiger charge is 2.27. The number of halogens is 1. The minimum atomic E-state index is -3.36. The van der Waals surface area contributed by atoms with Gasteiger partial charge in [-0.25, -0.2) is 13.1 Å². The molecule has 1 aromatic heterocycles. The molecule has 0 saturated heterocycles. The van der Waals surface area contributed by atoms with Crippen LogP contribution in [0, 0.1) is 0 Å². The van der Waals surface area contributed by atoms with Gasteiger partial charge in [-0.3, -0.25) is 0 Å². The van der Waals surface area contributed by atoms with Crippen molar-refractivity contribution in [3.8, 4) is 5.69 Å². The Morgan fingerprint density at radius 1 is 1.17 bits per heavy atom. The first-order chi connectivity index (χ1) is 11.5. The van der Waals surface area contributed by atoms with Gasteiger partial charge in [0.1, 0.15) is 5.84 Å². The molecule has 2 aliphatic heterocycles. The molecule has 2 aliphatic rings. The van der Waals surface area contributed by atoms with Crippen LogP contribution in [0.25, 0.3) is 11.4 Å². The average molecular weight is 361 g/mol. The molecule has 0 amide bonds. The Morgan fingerprint density at radius 2 is 1.96 bits per heavy atom. The molecule has 122 valence electrons. The molecule has 1 aromatic carbocycles. The van der Waals surface area contributed by atoms with Gasteiger partial charge in [-0.15, -0.1) is 4.40 Å². The van der Waals surface area contributed by atoms with Gasteiger partial charge >= 0.3 is 0 Å². The van der Waals surface area contributed by atoms with Gasteiger partial charge in [0.15, 0.2) is 0 Å². The van der Waals surface area contributed by atoms with E-state index in [4.69, 9.17) is 11.6 Å². The van der Waals surface area contributed by atoms with Gasteiger partial charge in [-0.2, -0.15) is 5.10 Å². The Balaban J connectivity index is 1.67. The highest BCUT2D eigenvalue weighted by atomic mass is 35.5. The molecular formula is C16H13ClN4O2S. The Kier molecular flexibility index (Phi) is 3.54. The molecule has 0 aliphatic carbocycles. The summed E-state index contributed by atoms with van der Waals surface area (Å²) in [7, 11) is -3.36. The number of fused-ring (bicyclic) bond motifs is 1. The van der Waals surface area contributed by atoms with Gasteiger partial charge in [0, 0.05) is 18.4 Å². The van der Waals surface area contributed by atoms with E-state index in [0.29, 0.717) is 17.4 Å². The van der Waals surface area contributed by atoms with Crippen molar-refractivity contribution in [2.24, 2.45) is 4.40 Å². The van der Waals surface area contributed by atoms with Gasteiger partial charge in [0.2, 0.25) is 0 Å². The molecular weight excluding hydrogens is 348 g/mol. The molecule has 0 saturated carbocycles. The lowest BCUT2D eigenvalue weighted by atomic mass is 10.1. The zero-order valence-electron chi connectivity index (χ0n) is 12.5. The van der Waals surface area contributed by atoms with E-state index < -0.39 is 10.0 Å². The number of nitrogens with zero attached hydrogens (tertiary/aromatic N) is 4. The van der Waals surface area contributed by atoms with Crippen LogP contribution < -0.4 is 0 Å². The number of amidine groups is 1. The van der Waals surface area contributed by atoms with Crippen molar-refractivity contribution in [2.75, 3.05) is 12.3 Å². The maximum absolute atomic E-state index is 11.7. The lowest BCUT2D eigenvalue weighted by molar-refractivity contribution is 0.560. The van der Waals surface area contributed by atoms with Crippen LogP contribution >= 0.6 is 11.6 Å². The number of aromatic nitrogens is 2. The van der Waals surface area contributed by atoms with Gasteiger partial charge in [-0.05, 0) is 29.8 Å². The van der Waals surface area contributed by atoms with E-state index in [1.165, 1.54) is 0 Å². The smallest absolute Gasteiger partial charge is 0.256 e. The minimum Gasteiger partial charge on any atom is -0.324 e. The fraction of sp³-hybridized carbons (Fsp3) is 0.125. The normalized spacial score (nSPS) is 18.8. The number of hydrogen-bond acceptors (Lipinski definition) is 4. The second kappa shape index (κ2) is 5.61. The van der Waals surface area contributed by atoms with Crippen LogP contribution in [0.3, 0.4) is 0 Å². The fourth-order valence-electron chi connectivity index (χ4n) is 2.72. The molecule has 3 heterocycles. The molecule has 0 fully saturated rings. The fourth-order valence-corrected chi connectivity index (χ4v) is 3.80. The predicted octanol–water partition coefficient (Wildman–Crippen LogP) is 2.48. The van der Waals surface area contributed by atoms with Crippen LogP contribution in [-0.2, 0) is 10.0 Å². The van der Waals surface area contributed by atoms with Crippen LogP contribution in [0.5, 0.6) is 0 Å². The zero-order valence-corrected chi connectivity index (χ0v) is 14.1. The second-order valence-electron chi connectivity index (χ2n) is 5.45. The van der Waals surface area contributed by atoms with E-state index in [0.717, 1.165) is 16.9 Å². The van der Waals surface area contributed by atoms with Gasteiger partial charge in [0.25, 0.3) is 10.0 Å². The first-order valence-corrected chi connectivity index (χ1v) is 9.30. The third-order valence-electron chi connectivity index (χ3n) is 3.85. The molecule has 0 unspecified atom stereocenters. The summed E-state index contributed by atoms with van der Waals surface area (Å²) in [5.74, 6) is 0.479. The van der Waals surface area contributed by atoms with Crippen LogP contribution in [0.1, 0.15) is 5.56 Å². The molecule has 0 N–H and O–H groups in total. The van der Waals surface area contributed by atoms with Crippen LogP contribution in [-0.4, -0.2) is 41.2 Å². The van der Waals surface area contributed by atoms with Crippen molar-refractivity contribution in [3.05, 3.63) is 65.5 Å². The van der Waals surface area contributed by atoms with E-state index in [-0.39, 0.29) is 5.75 Å². The summed E-state index contributed by atoms with van der Waals surface area (Å²) >= 11 is 5.89. The Morgan fingerprint density at radius 3 is 2.67 bits per heavy atom. The standard InChI is InChI=1S/C16H13ClN4O2S/c17-13-10-18-21(11-13)14-6-4-12(5-7-14)15-2-1-3-16-19-24(22,23)9-8-20(15)16/h1-7,10-11H,8-9H2. The molecule has 4 rings (SSSR count). The molecule has 0 bridgehead atoms.